The number of para-hydroxylation sites is 1. The molecule has 1 N–H and O–H groups in total. The molecule has 1 atom stereocenters. The Balaban J connectivity index is 2.26. The number of ether oxygens (including phenoxy) is 2. The van der Waals surface area contributed by atoms with Crippen LogP contribution >= 0.6 is 0 Å². The third-order valence-electron chi connectivity index (χ3n) is 2.61. The fraction of sp³-hybridized carbons (Fsp3) is 0.417. The lowest BCUT2D eigenvalue weighted by molar-refractivity contribution is 0.0687. The number of rotatable bonds is 3. The van der Waals surface area contributed by atoms with Gasteiger partial charge in [0.15, 0.2) is 0 Å². The molecule has 4 heteroatoms. The van der Waals surface area contributed by atoms with Crippen LogP contribution in [0.2, 0.25) is 0 Å². The minimum atomic E-state index is -0.961. The summed E-state index contributed by atoms with van der Waals surface area (Å²) in [6.07, 6.45) is 0.784. The second-order valence-electron chi connectivity index (χ2n) is 3.86. The standard InChI is InChI=1S/C12H14O4/c1-8-3-2-4-10(12(13)14)11(8)16-9-5-6-15-7-9/h2-4,9H,5-7H2,1H3,(H,13,14). The van der Waals surface area contributed by atoms with Gasteiger partial charge >= 0.3 is 5.97 Å². The highest BCUT2D eigenvalue weighted by Crippen LogP contribution is 2.26. The molecule has 2 rings (SSSR count). The highest BCUT2D eigenvalue weighted by molar-refractivity contribution is 5.91. The van der Waals surface area contributed by atoms with E-state index in [4.69, 9.17) is 14.6 Å². The Morgan fingerprint density at radius 3 is 3.00 bits per heavy atom. The first-order chi connectivity index (χ1) is 7.68. The molecule has 0 amide bonds. The number of carbonyl (C=O) groups is 1. The Morgan fingerprint density at radius 1 is 1.56 bits per heavy atom. The molecule has 1 fully saturated rings. The number of benzene rings is 1. The van der Waals surface area contributed by atoms with Crippen LogP contribution in [0.25, 0.3) is 0 Å². The molecular formula is C12H14O4. The second-order valence-corrected chi connectivity index (χ2v) is 3.86. The Morgan fingerprint density at radius 2 is 2.38 bits per heavy atom. The van der Waals surface area contributed by atoms with Crippen molar-refractivity contribution in [1.29, 1.82) is 0 Å². The number of aryl methyl sites for hydroxylation is 1. The fourth-order valence-electron chi connectivity index (χ4n) is 1.75. The lowest BCUT2D eigenvalue weighted by Gasteiger charge is -2.15. The predicted octanol–water partition coefficient (Wildman–Crippen LogP) is 1.86. The van der Waals surface area contributed by atoms with E-state index in [1.165, 1.54) is 0 Å². The van der Waals surface area contributed by atoms with Gasteiger partial charge in [0.05, 0.1) is 13.2 Å². The summed E-state index contributed by atoms with van der Waals surface area (Å²) >= 11 is 0. The van der Waals surface area contributed by atoms with E-state index < -0.39 is 5.97 Å². The first-order valence-corrected chi connectivity index (χ1v) is 5.26. The van der Waals surface area contributed by atoms with Crippen molar-refractivity contribution in [3.05, 3.63) is 29.3 Å². The number of carboxylic acid groups (broad SMARTS) is 1. The molecule has 0 radical (unpaired) electrons. The summed E-state index contributed by atoms with van der Waals surface area (Å²) in [6, 6.07) is 5.12. The van der Waals surface area contributed by atoms with Gasteiger partial charge in [0.2, 0.25) is 0 Å². The predicted molar refractivity (Wildman–Crippen MR) is 58.0 cm³/mol. The zero-order valence-corrected chi connectivity index (χ0v) is 9.10. The SMILES string of the molecule is Cc1cccc(C(=O)O)c1OC1CCOC1. The van der Waals surface area contributed by atoms with Crippen LogP contribution in [0.5, 0.6) is 5.75 Å². The number of hydrogen-bond donors (Lipinski definition) is 1. The first kappa shape index (κ1) is 11.0. The molecule has 1 aromatic rings. The molecule has 1 unspecified atom stereocenters. The van der Waals surface area contributed by atoms with E-state index >= 15 is 0 Å². The van der Waals surface area contributed by atoms with E-state index in [1.807, 2.05) is 13.0 Å². The Hall–Kier alpha value is -1.55. The van der Waals surface area contributed by atoms with Gasteiger partial charge < -0.3 is 14.6 Å². The molecule has 0 saturated carbocycles. The minimum absolute atomic E-state index is 0.0285. The normalized spacial score (nSPS) is 19.7. The summed E-state index contributed by atoms with van der Waals surface area (Å²) in [5.41, 5.74) is 1.05. The van der Waals surface area contributed by atoms with Gasteiger partial charge in [-0.1, -0.05) is 12.1 Å². The molecule has 0 bridgehead atoms. The van der Waals surface area contributed by atoms with E-state index in [0.717, 1.165) is 12.0 Å². The average Bonchev–Trinajstić information content (AvgIpc) is 2.73. The highest BCUT2D eigenvalue weighted by atomic mass is 16.5. The summed E-state index contributed by atoms with van der Waals surface area (Å²) in [5, 5.41) is 9.05. The van der Waals surface area contributed by atoms with Gasteiger partial charge in [-0.15, -0.1) is 0 Å². The number of aromatic carboxylic acids is 1. The Bertz CT molecular complexity index is 394. The molecule has 0 aliphatic carbocycles. The molecule has 4 nitrogen and oxygen atoms in total. The molecule has 86 valence electrons. The molecule has 1 aliphatic heterocycles. The Kier molecular flexibility index (Phi) is 3.10. The molecule has 1 aromatic carbocycles. The fourth-order valence-corrected chi connectivity index (χ4v) is 1.75. The lowest BCUT2D eigenvalue weighted by atomic mass is 10.1. The van der Waals surface area contributed by atoms with Crippen LogP contribution in [0.3, 0.4) is 0 Å². The van der Waals surface area contributed by atoms with Crippen molar-refractivity contribution in [2.75, 3.05) is 13.2 Å². The van der Waals surface area contributed by atoms with Gasteiger partial charge in [0.1, 0.15) is 17.4 Å². The number of carboxylic acids is 1. The van der Waals surface area contributed by atoms with Crippen molar-refractivity contribution >= 4 is 5.97 Å². The average molecular weight is 222 g/mol. The summed E-state index contributed by atoms with van der Waals surface area (Å²) in [7, 11) is 0. The zero-order valence-electron chi connectivity index (χ0n) is 9.10. The second kappa shape index (κ2) is 4.53. The minimum Gasteiger partial charge on any atom is -0.487 e. The van der Waals surface area contributed by atoms with Crippen LogP contribution in [-0.2, 0) is 4.74 Å². The maximum absolute atomic E-state index is 11.0. The summed E-state index contributed by atoms with van der Waals surface area (Å²) in [4.78, 5) is 11.0. The topological polar surface area (TPSA) is 55.8 Å². The highest BCUT2D eigenvalue weighted by Gasteiger charge is 2.21. The van der Waals surface area contributed by atoms with Crippen molar-refractivity contribution in [2.45, 2.75) is 19.4 Å². The van der Waals surface area contributed by atoms with E-state index in [2.05, 4.69) is 0 Å². The zero-order chi connectivity index (χ0) is 11.5. The van der Waals surface area contributed by atoms with E-state index in [-0.39, 0.29) is 11.7 Å². The van der Waals surface area contributed by atoms with Crippen LogP contribution in [0.15, 0.2) is 18.2 Å². The summed E-state index contributed by atoms with van der Waals surface area (Å²) in [6.45, 7) is 3.06. The van der Waals surface area contributed by atoms with Gasteiger partial charge in [-0.25, -0.2) is 4.79 Å². The smallest absolute Gasteiger partial charge is 0.339 e. The van der Waals surface area contributed by atoms with Crippen molar-refractivity contribution in [1.82, 2.24) is 0 Å². The van der Waals surface area contributed by atoms with Gasteiger partial charge in [-0.2, -0.15) is 0 Å². The summed E-state index contributed by atoms with van der Waals surface area (Å²) < 4.78 is 10.9. The maximum atomic E-state index is 11.0. The van der Waals surface area contributed by atoms with Crippen molar-refractivity contribution in [3.63, 3.8) is 0 Å². The third-order valence-corrected chi connectivity index (χ3v) is 2.61. The molecule has 0 aromatic heterocycles. The van der Waals surface area contributed by atoms with Gasteiger partial charge in [-0.05, 0) is 18.6 Å². The van der Waals surface area contributed by atoms with E-state index in [0.29, 0.717) is 19.0 Å². The largest absolute Gasteiger partial charge is 0.487 e. The van der Waals surface area contributed by atoms with Crippen molar-refractivity contribution < 1.29 is 19.4 Å². The number of hydrogen-bond acceptors (Lipinski definition) is 3. The molecule has 1 heterocycles. The van der Waals surface area contributed by atoms with Gasteiger partial charge in [-0.3, -0.25) is 0 Å². The van der Waals surface area contributed by atoms with Crippen LogP contribution in [0.4, 0.5) is 0 Å². The quantitative estimate of drug-likeness (QED) is 0.848. The van der Waals surface area contributed by atoms with Crippen molar-refractivity contribution in [3.8, 4) is 5.75 Å². The van der Waals surface area contributed by atoms with Gasteiger partial charge in [0, 0.05) is 6.42 Å². The third kappa shape index (κ3) is 2.17. The maximum Gasteiger partial charge on any atom is 0.339 e. The van der Waals surface area contributed by atoms with Gasteiger partial charge in [0.25, 0.3) is 0 Å². The van der Waals surface area contributed by atoms with E-state index in [9.17, 15) is 4.79 Å². The lowest BCUT2D eigenvalue weighted by Crippen LogP contribution is -2.18. The molecular weight excluding hydrogens is 208 g/mol. The van der Waals surface area contributed by atoms with Crippen LogP contribution in [-0.4, -0.2) is 30.4 Å². The molecule has 0 spiro atoms. The Labute approximate surface area is 93.8 Å². The molecule has 1 aliphatic rings. The van der Waals surface area contributed by atoms with Crippen LogP contribution in [0, 0.1) is 6.92 Å². The van der Waals surface area contributed by atoms with Crippen LogP contribution in [0.1, 0.15) is 22.3 Å². The molecule has 16 heavy (non-hydrogen) atoms. The first-order valence-electron chi connectivity index (χ1n) is 5.26. The van der Waals surface area contributed by atoms with E-state index in [1.54, 1.807) is 12.1 Å². The van der Waals surface area contributed by atoms with Crippen LogP contribution < -0.4 is 4.74 Å². The van der Waals surface area contributed by atoms with Crippen molar-refractivity contribution in [2.24, 2.45) is 0 Å². The molecule has 1 saturated heterocycles. The monoisotopic (exact) mass is 222 g/mol. The summed E-state index contributed by atoms with van der Waals surface area (Å²) in [5.74, 6) is -0.497.